The maximum atomic E-state index is 5.72. The molecule has 0 aliphatic rings. The van der Waals surface area contributed by atoms with Crippen LogP contribution in [0.4, 0.5) is 10.9 Å². The molecule has 2 heterocycles. The van der Waals surface area contributed by atoms with Gasteiger partial charge in [-0.25, -0.2) is 9.97 Å². The van der Waals surface area contributed by atoms with Crippen LogP contribution in [-0.4, -0.2) is 16.6 Å². The summed E-state index contributed by atoms with van der Waals surface area (Å²) in [6, 6.07) is 10.0. The van der Waals surface area contributed by atoms with Gasteiger partial charge in [0.2, 0.25) is 0 Å². The summed E-state index contributed by atoms with van der Waals surface area (Å²) in [5, 5.41) is 4.10. The zero-order valence-corrected chi connectivity index (χ0v) is 13.8. The fourth-order valence-electron chi connectivity index (χ4n) is 2.03. The number of aryl methyl sites for hydroxylation is 1. The highest BCUT2D eigenvalue weighted by Gasteiger charge is 2.06. The van der Waals surface area contributed by atoms with E-state index in [0.717, 1.165) is 22.2 Å². The van der Waals surface area contributed by atoms with Crippen LogP contribution in [0.3, 0.4) is 0 Å². The van der Waals surface area contributed by atoms with Gasteiger partial charge in [-0.1, -0.05) is 31.3 Å². The van der Waals surface area contributed by atoms with E-state index in [1.807, 2.05) is 18.2 Å². The number of ether oxygens (including phenoxy) is 1. The Morgan fingerprint density at radius 2 is 2.09 bits per heavy atom. The van der Waals surface area contributed by atoms with E-state index in [-0.39, 0.29) is 0 Å². The highest BCUT2D eigenvalue weighted by molar-refractivity contribution is 7.22. The standard InChI is InChI=1S/C17H19N3OS/c1-11(2)10-21-13-6-7-18-16(9-13)20-17-19-14-5-4-12(3)8-15(14)22-17/h4-9,11H,10H2,1-3H3,(H,18,19,20). The zero-order chi connectivity index (χ0) is 15.5. The number of rotatable bonds is 5. The topological polar surface area (TPSA) is 47.0 Å². The van der Waals surface area contributed by atoms with Gasteiger partial charge in [-0.15, -0.1) is 0 Å². The smallest absolute Gasteiger partial charge is 0.189 e. The molecule has 0 unspecified atom stereocenters. The Labute approximate surface area is 134 Å². The largest absolute Gasteiger partial charge is 0.493 e. The molecule has 0 saturated carbocycles. The van der Waals surface area contributed by atoms with E-state index >= 15 is 0 Å². The lowest BCUT2D eigenvalue weighted by molar-refractivity contribution is 0.271. The van der Waals surface area contributed by atoms with Crippen molar-refractivity contribution in [2.24, 2.45) is 5.92 Å². The van der Waals surface area contributed by atoms with Gasteiger partial charge in [-0.2, -0.15) is 0 Å². The van der Waals surface area contributed by atoms with Crippen molar-refractivity contribution in [2.75, 3.05) is 11.9 Å². The quantitative estimate of drug-likeness (QED) is 0.736. The van der Waals surface area contributed by atoms with Gasteiger partial charge >= 0.3 is 0 Å². The first-order valence-corrected chi connectivity index (χ1v) is 8.15. The number of hydrogen-bond donors (Lipinski definition) is 1. The van der Waals surface area contributed by atoms with Crippen LogP contribution in [0, 0.1) is 12.8 Å². The summed E-state index contributed by atoms with van der Waals surface area (Å²) in [7, 11) is 0. The maximum absolute atomic E-state index is 5.72. The molecule has 0 radical (unpaired) electrons. The van der Waals surface area contributed by atoms with Gasteiger partial charge in [-0.05, 0) is 36.6 Å². The van der Waals surface area contributed by atoms with E-state index in [4.69, 9.17) is 4.74 Å². The fraction of sp³-hybridized carbons (Fsp3) is 0.294. The van der Waals surface area contributed by atoms with Crippen LogP contribution in [0.15, 0.2) is 36.5 Å². The average Bonchev–Trinajstić information content (AvgIpc) is 2.87. The summed E-state index contributed by atoms with van der Waals surface area (Å²) < 4.78 is 6.90. The number of hydrogen-bond acceptors (Lipinski definition) is 5. The predicted molar refractivity (Wildman–Crippen MR) is 92.2 cm³/mol. The molecule has 1 N–H and O–H groups in total. The number of anilines is 2. The second-order valence-corrected chi connectivity index (χ2v) is 6.73. The van der Waals surface area contributed by atoms with Crippen LogP contribution in [0.25, 0.3) is 10.2 Å². The molecule has 0 aliphatic heterocycles. The Balaban J connectivity index is 1.77. The number of fused-ring (bicyclic) bond motifs is 1. The van der Waals surface area contributed by atoms with Gasteiger partial charge in [0.1, 0.15) is 11.6 Å². The lowest BCUT2D eigenvalue weighted by Gasteiger charge is -2.09. The molecule has 0 saturated heterocycles. The molecule has 4 nitrogen and oxygen atoms in total. The van der Waals surface area contributed by atoms with E-state index < -0.39 is 0 Å². The van der Waals surface area contributed by atoms with Crippen molar-refractivity contribution in [3.63, 3.8) is 0 Å². The summed E-state index contributed by atoms with van der Waals surface area (Å²) in [6.07, 6.45) is 1.75. The van der Waals surface area contributed by atoms with Gasteiger partial charge in [0.15, 0.2) is 5.13 Å². The molecule has 0 spiro atoms. The first-order valence-electron chi connectivity index (χ1n) is 7.33. The molecule has 2 aromatic heterocycles. The molecule has 22 heavy (non-hydrogen) atoms. The lowest BCUT2D eigenvalue weighted by Crippen LogP contribution is -2.04. The van der Waals surface area contributed by atoms with Crippen LogP contribution in [0.5, 0.6) is 5.75 Å². The second kappa shape index (κ2) is 6.32. The van der Waals surface area contributed by atoms with Gasteiger partial charge < -0.3 is 10.1 Å². The molecular weight excluding hydrogens is 294 g/mol. The van der Waals surface area contributed by atoms with Crippen molar-refractivity contribution in [3.8, 4) is 5.75 Å². The van der Waals surface area contributed by atoms with E-state index in [2.05, 4.69) is 48.2 Å². The molecule has 0 aliphatic carbocycles. The fourth-order valence-corrected chi connectivity index (χ4v) is 3.00. The molecule has 114 valence electrons. The van der Waals surface area contributed by atoms with E-state index in [9.17, 15) is 0 Å². The zero-order valence-electron chi connectivity index (χ0n) is 13.0. The normalized spacial score (nSPS) is 11.1. The Hall–Kier alpha value is -2.14. The minimum absolute atomic E-state index is 0.497. The molecule has 3 aromatic rings. The van der Waals surface area contributed by atoms with E-state index in [0.29, 0.717) is 12.5 Å². The molecule has 0 amide bonds. The predicted octanol–water partition coefficient (Wildman–Crippen LogP) is 4.78. The Morgan fingerprint density at radius 1 is 1.23 bits per heavy atom. The monoisotopic (exact) mass is 313 g/mol. The van der Waals surface area contributed by atoms with Crippen molar-refractivity contribution in [2.45, 2.75) is 20.8 Å². The van der Waals surface area contributed by atoms with Crippen molar-refractivity contribution in [3.05, 3.63) is 42.1 Å². The minimum Gasteiger partial charge on any atom is -0.493 e. The third kappa shape index (κ3) is 3.54. The molecular formula is C17H19N3OS. The number of pyridine rings is 1. The maximum Gasteiger partial charge on any atom is 0.189 e. The summed E-state index contributed by atoms with van der Waals surface area (Å²) >= 11 is 1.63. The first kappa shape index (κ1) is 14.8. The Morgan fingerprint density at radius 3 is 2.91 bits per heavy atom. The van der Waals surface area contributed by atoms with E-state index in [1.165, 1.54) is 10.3 Å². The number of nitrogens with zero attached hydrogens (tertiary/aromatic N) is 2. The second-order valence-electron chi connectivity index (χ2n) is 5.70. The minimum atomic E-state index is 0.497. The average molecular weight is 313 g/mol. The number of benzene rings is 1. The lowest BCUT2D eigenvalue weighted by atomic mass is 10.2. The van der Waals surface area contributed by atoms with Crippen molar-refractivity contribution < 1.29 is 4.74 Å². The summed E-state index contributed by atoms with van der Waals surface area (Å²) in [6.45, 7) is 7.04. The number of nitrogens with one attached hydrogen (secondary N) is 1. The van der Waals surface area contributed by atoms with E-state index in [1.54, 1.807) is 17.5 Å². The van der Waals surface area contributed by atoms with Crippen LogP contribution in [0.1, 0.15) is 19.4 Å². The third-order valence-electron chi connectivity index (χ3n) is 3.09. The van der Waals surface area contributed by atoms with Crippen LogP contribution in [0.2, 0.25) is 0 Å². The third-order valence-corrected chi connectivity index (χ3v) is 4.03. The Kier molecular flexibility index (Phi) is 4.24. The van der Waals surface area contributed by atoms with Gasteiger partial charge in [-0.3, -0.25) is 0 Å². The summed E-state index contributed by atoms with van der Waals surface area (Å²) in [4.78, 5) is 8.90. The Bertz CT molecular complexity index is 782. The molecule has 1 aromatic carbocycles. The number of aromatic nitrogens is 2. The van der Waals surface area contributed by atoms with Crippen LogP contribution >= 0.6 is 11.3 Å². The van der Waals surface area contributed by atoms with Gasteiger partial charge in [0.25, 0.3) is 0 Å². The highest BCUT2D eigenvalue weighted by Crippen LogP contribution is 2.29. The van der Waals surface area contributed by atoms with Crippen molar-refractivity contribution in [1.29, 1.82) is 0 Å². The van der Waals surface area contributed by atoms with Crippen molar-refractivity contribution in [1.82, 2.24) is 9.97 Å². The molecule has 0 atom stereocenters. The first-order chi connectivity index (χ1) is 10.6. The number of thiazole rings is 1. The highest BCUT2D eigenvalue weighted by atomic mass is 32.1. The van der Waals surface area contributed by atoms with Gasteiger partial charge in [0, 0.05) is 12.3 Å². The SMILES string of the molecule is Cc1ccc2nc(Nc3cc(OCC(C)C)ccn3)sc2c1. The van der Waals surface area contributed by atoms with Crippen LogP contribution in [-0.2, 0) is 0 Å². The molecule has 5 heteroatoms. The van der Waals surface area contributed by atoms with Crippen molar-refractivity contribution >= 4 is 32.5 Å². The van der Waals surface area contributed by atoms with Gasteiger partial charge in [0.05, 0.1) is 16.8 Å². The molecule has 0 bridgehead atoms. The van der Waals surface area contributed by atoms with Crippen LogP contribution < -0.4 is 10.1 Å². The molecule has 0 fully saturated rings. The molecule has 3 rings (SSSR count). The summed E-state index contributed by atoms with van der Waals surface area (Å²) in [5.41, 5.74) is 2.25. The summed E-state index contributed by atoms with van der Waals surface area (Å²) in [5.74, 6) is 2.07.